The van der Waals surface area contributed by atoms with E-state index in [2.05, 4.69) is 12.6 Å². The molecule has 0 bridgehead atoms. The molecule has 0 heterocycles. The average Bonchev–Trinajstić information content (AvgIpc) is 2.00. The number of carbonyl (C=O) groups is 1. The van der Waals surface area contributed by atoms with Crippen LogP contribution in [0.15, 0.2) is 0 Å². The molecule has 0 aliphatic rings. The van der Waals surface area contributed by atoms with E-state index >= 15 is 0 Å². The first-order valence-corrected chi connectivity index (χ1v) is 4.83. The summed E-state index contributed by atoms with van der Waals surface area (Å²) < 4.78 is 5.71. The number of nitrogens with two attached hydrogens (primary N) is 1. The van der Waals surface area contributed by atoms with Gasteiger partial charge in [0.25, 0.3) is 0 Å². The van der Waals surface area contributed by atoms with E-state index in [1.54, 1.807) is 0 Å². The molecule has 0 spiro atoms. The van der Waals surface area contributed by atoms with Crippen molar-refractivity contribution in [2.24, 2.45) is 5.73 Å². The SMILES string of the molecule is C[N+](C)(C)CCOC(=O)[C@@H](N)CS.Cl. The van der Waals surface area contributed by atoms with E-state index < -0.39 is 6.04 Å². The zero-order chi connectivity index (χ0) is 10.5. The maximum Gasteiger partial charge on any atom is 0.323 e. The van der Waals surface area contributed by atoms with Gasteiger partial charge in [0.05, 0.1) is 21.1 Å². The summed E-state index contributed by atoms with van der Waals surface area (Å²) in [5.74, 6) is -0.0492. The van der Waals surface area contributed by atoms with Crippen LogP contribution in [-0.4, -0.2) is 56.5 Å². The van der Waals surface area contributed by atoms with E-state index in [0.717, 1.165) is 11.0 Å². The lowest BCUT2D eigenvalue weighted by molar-refractivity contribution is -0.870. The molecule has 0 saturated carbocycles. The summed E-state index contributed by atoms with van der Waals surface area (Å²) in [4.78, 5) is 11.1. The third-order valence-corrected chi connectivity index (χ3v) is 1.90. The Balaban J connectivity index is 0. The molecule has 0 amide bonds. The standard InChI is InChI=1S/C8H18N2O2S.ClH/c1-10(2,3)4-5-12-8(11)7(9)6-13;/h7H,4-6,9H2,1-3H3;1H/p+1/t7-;/m0./s1. The highest BCUT2D eigenvalue weighted by Crippen LogP contribution is 1.92. The van der Waals surface area contributed by atoms with Crippen LogP contribution in [0.5, 0.6) is 0 Å². The zero-order valence-corrected chi connectivity index (χ0v) is 10.6. The number of halogens is 1. The number of esters is 1. The molecule has 0 aliphatic carbocycles. The molecule has 6 heteroatoms. The molecule has 0 unspecified atom stereocenters. The lowest BCUT2D eigenvalue weighted by Crippen LogP contribution is -2.40. The first-order chi connectivity index (χ1) is 5.87. The largest absolute Gasteiger partial charge is 0.459 e. The number of ether oxygens (including phenoxy) is 1. The Bertz CT molecular complexity index is 173. The summed E-state index contributed by atoms with van der Waals surface area (Å²) in [5, 5.41) is 0. The third kappa shape index (κ3) is 8.62. The van der Waals surface area contributed by atoms with Gasteiger partial charge in [0, 0.05) is 5.75 Å². The van der Waals surface area contributed by atoms with Gasteiger partial charge in [-0.2, -0.15) is 12.6 Å². The topological polar surface area (TPSA) is 52.3 Å². The second kappa shape index (κ2) is 7.34. The first kappa shape index (κ1) is 16.5. The molecule has 0 aromatic rings. The molecule has 0 aliphatic heterocycles. The number of rotatable bonds is 5. The monoisotopic (exact) mass is 243 g/mol. The van der Waals surface area contributed by atoms with Crippen molar-refractivity contribution >= 4 is 31.0 Å². The molecule has 0 radical (unpaired) electrons. The minimum atomic E-state index is -0.601. The van der Waals surface area contributed by atoms with Crippen molar-refractivity contribution < 1.29 is 14.0 Å². The summed E-state index contributed by atoms with van der Waals surface area (Å²) in [7, 11) is 6.10. The number of nitrogens with zero attached hydrogens (tertiary/aromatic N) is 1. The molecular formula is C8H20ClN2O2S+. The summed E-state index contributed by atoms with van der Waals surface area (Å²) >= 11 is 3.90. The Hall–Kier alpha value is 0.0300. The first-order valence-electron chi connectivity index (χ1n) is 4.20. The van der Waals surface area contributed by atoms with E-state index in [0.29, 0.717) is 12.4 Å². The van der Waals surface area contributed by atoms with Gasteiger partial charge in [-0.1, -0.05) is 0 Å². The van der Waals surface area contributed by atoms with Crippen LogP contribution in [0, 0.1) is 0 Å². The Morgan fingerprint density at radius 1 is 1.50 bits per heavy atom. The Kier molecular flexibility index (Phi) is 8.63. The van der Waals surface area contributed by atoms with E-state index in [4.69, 9.17) is 10.5 Å². The quantitative estimate of drug-likeness (QED) is 0.403. The molecule has 4 nitrogen and oxygen atoms in total. The third-order valence-electron chi connectivity index (χ3n) is 1.51. The highest BCUT2D eigenvalue weighted by molar-refractivity contribution is 7.80. The minimum Gasteiger partial charge on any atom is -0.459 e. The van der Waals surface area contributed by atoms with E-state index in [1.165, 1.54) is 0 Å². The predicted octanol–water partition coefficient (Wildman–Crippen LogP) is -0.0853. The number of hydrogen-bond donors (Lipinski definition) is 2. The maximum absolute atomic E-state index is 11.1. The lowest BCUT2D eigenvalue weighted by Gasteiger charge is -2.23. The molecule has 1 atom stereocenters. The Morgan fingerprint density at radius 2 is 2.00 bits per heavy atom. The fraction of sp³-hybridized carbons (Fsp3) is 0.875. The van der Waals surface area contributed by atoms with Crippen LogP contribution < -0.4 is 5.73 Å². The van der Waals surface area contributed by atoms with Crippen molar-refractivity contribution in [1.82, 2.24) is 0 Å². The predicted molar refractivity (Wildman–Crippen MR) is 62.9 cm³/mol. The van der Waals surface area contributed by atoms with E-state index in [9.17, 15) is 4.79 Å². The van der Waals surface area contributed by atoms with Crippen molar-refractivity contribution in [2.75, 3.05) is 40.0 Å². The van der Waals surface area contributed by atoms with Crippen LogP contribution in [0.4, 0.5) is 0 Å². The molecule has 0 rings (SSSR count). The maximum atomic E-state index is 11.1. The normalized spacial score (nSPS) is 12.9. The van der Waals surface area contributed by atoms with E-state index in [-0.39, 0.29) is 18.4 Å². The average molecular weight is 244 g/mol. The molecule has 14 heavy (non-hydrogen) atoms. The molecule has 0 saturated heterocycles. The van der Waals surface area contributed by atoms with Gasteiger partial charge in [-0.25, -0.2) is 0 Å². The summed E-state index contributed by atoms with van der Waals surface area (Å²) in [5.41, 5.74) is 5.41. The van der Waals surface area contributed by atoms with Crippen molar-refractivity contribution in [3.05, 3.63) is 0 Å². The second-order valence-electron chi connectivity index (χ2n) is 3.97. The zero-order valence-electron chi connectivity index (χ0n) is 8.90. The molecule has 86 valence electrons. The fourth-order valence-corrected chi connectivity index (χ4v) is 0.751. The number of quaternary nitrogens is 1. The van der Waals surface area contributed by atoms with Gasteiger partial charge in [0.2, 0.25) is 0 Å². The summed E-state index contributed by atoms with van der Waals surface area (Å²) in [6, 6.07) is -0.601. The van der Waals surface area contributed by atoms with Crippen LogP contribution in [0.1, 0.15) is 0 Å². The highest BCUT2D eigenvalue weighted by atomic mass is 35.5. The molecule has 0 aromatic heterocycles. The molecule has 2 N–H and O–H groups in total. The summed E-state index contributed by atoms with van der Waals surface area (Å²) in [6.45, 7) is 1.19. The number of likely N-dealkylation sites (N-methyl/N-ethyl adjacent to an activating group) is 1. The number of hydrogen-bond acceptors (Lipinski definition) is 4. The van der Waals surface area contributed by atoms with Gasteiger partial charge < -0.3 is 15.0 Å². The summed E-state index contributed by atoms with van der Waals surface area (Å²) in [6.07, 6.45) is 0. The smallest absolute Gasteiger partial charge is 0.323 e. The number of carbonyl (C=O) groups excluding carboxylic acids is 1. The van der Waals surface area contributed by atoms with Crippen molar-refractivity contribution in [3.8, 4) is 0 Å². The highest BCUT2D eigenvalue weighted by Gasteiger charge is 2.14. The van der Waals surface area contributed by atoms with Gasteiger partial charge in [0.15, 0.2) is 0 Å². The minimum absolute atomic E-state index is 0. The van der Waals surface area contributed by atoms with Crippen molar-refractivity contribution in [3.63, 3.8) is 0 Å². The number of thiol groups is 1. The van der Waals surface area contributed by atoms with Crippen LogP contribution in [0.2, 0.25) is 0 Å². The second-order valence-corrected chi connectivity index (χ2v) is 4.34. The van der Waals surface area contributed by atoms with E-state index in [1.807, 2.05) is 21.1 Å². The van der Waals surface area contributed by atoms with Crippen molar-refractivity contribution in [1.29, 1.82) is 0 Å². The van der Waals surface area contributed by atoms with Crippen molar-refractivity contribution in [2.45, 2.75) is 6.04 Å². The Labute approximate surface area is 97.2 Å². The molecular weight excluding hydrogens is 224 g/mol. The fourth-order valence-electron chi connectivity index (χ4n) is 0.602. The van der Waals surface area contributed by atoms with Gasteiger partial charge in [-0.15, -0.1) is 12.4 Å². The van der Waals surface area contributed by atoms with Crippen LogP contribution >= 0.6 is 25.0 Å². The van der Waals surface area contributed by atoms with Gasteiger partial charge in [0.1, 0.15) is 19.2 Å². The van der Waals surface area contributed by atoms with Gasteiger partial charge in [-0.05, 0) is 0 Å². The van der Waals surface area contributed by atoms with Crippen LogP contribution in [-0.2, 0) is 9.53 Å². The molecule has 0 fully saturated rings. The van der Waals surface area contributed by atoms with Gasteiger partial charge >= 0.3 is 5.97 Å². The van der Waals surface area contributed by atoms with Crippen LogP contribution in [0.3, 0.4) is 0 Å². The van der Waals surface area contributed by atoms with Gasteiger partial charge in [-0.3, -0.25) is 4.79 Å². The lowest BCUT2D eigenvalue weighted by atomic mass is 10.4. The Morgan fingerprint density at radius 3 is 2.36 bits per heavy atom. The molecule has 0 aromatic carbocycles. The van der Waals surface area contributed by atoms with Crippen LogP contribution in [0.25, 0.3) is 0 Å².